The maximum atomic E-state index is 11.2. The maximum absolute atomic E-state index is 11.2. The summed E-state index contributed by atoms with van der Waals surface area (Å²) in [4.78, 5) is 16.2. The van der Waals surface area contributed by atoms with Gasteiger partial charge in [0.1, 0.15) is 17.0 Å². The molecule has 0 radical (unpaired) electrons. The molecule has 10 heteroatoms. The summed E-state index contributed by atoms with van der Waals surface area (Å²) < 4.78 is 8.89. The molecule has 122 valence electrons. The normalized spacial score (nSPS) is 12.8. The largest absolute Gasteiger partial charge is 0.466 e. The third-order valence-electron chi connectivity index (χ3n) is 2.07. The second-order valence-corrected chi connectivity index (χ2v) is 10.6. The molecule has 0 saturated heterocycles. The summed E-state index contributed by atoms with van der Waals surface area (Å²) in [5.74, 6) is 1.10. The first-order valence-corrected chi connectivity index (χ1v) is 11.0. The van der Waals surface area contributed by atoms with Crippen LogP contribution in [0.2, 0.25) is 0 Å². The molecule has 1 rings (SSSR count). The lowest BCUT2D eigenvalue weighted by Crippen LogP contribution is -2.32. The van der Waals surface area contributed by atoms with E-state index in [0.717, 1.165) is 5.75 Å². The van der Waals surface area contributed by atoms with Crippen LogP contribution in [0.15, 0.2) is 30.3 Å². The predicted molar refractivity (Wildman–Crippen MR) is 98.8 cm³/mol. The van der Waals surface area contributed by atoms with E-state index in [0.29, 0.717) is 17.2 Å². The van der Waals surface area contributed by atoms with E-state index in [4.69, 9.17) is 28.5 Å². The quantitative estimate of drug-likeness (QED) is 0.167. The van der Waals surface area contributed by atoms with Crippen molar-refractivity contribution in [3.05, 3.63) is 30.3 Å². The zero-order valence-electron chi connectivity index (χ0n) is 12.2. The lowest BCUT2D eigenvalue weighted by molar-refractivity contribution is 0.122. The van der Waals surface area contributed by atoms with E-state index in [1.54, 1.807) is 6.92 Å². The molecule has 1 unspecified atom stereocenters. The molecule has 1 amide bonds. The van der Waals surface area contributed by atoms with E-state index >= 15 is 0 Å². The van der Waals surface area contributed by atoms with Crippen molar-refractivity contribution >= 4 is 53.3 Å². The Balaban J connectivity index is 2.17. The Labute approximate surface area is 144 Å². The average molecular weight is 379 g/mol. The Bertz CT molecular complexity index is 545. The highest BCUT2D eigenvalue weighted by Crippen LogP contribution is 2.42. The summed E-state index contributed by atoms with van der Waals surface area (Å²) in [5.41, 5.74) is 2.30. The minimum Gasteiger partial charge on any atom is -0.466 e. The fraction of sp³-hybridized carbons (Fsp3) is 0.333. The van der Waals surface area contributed by atoms with E-state index in [-0.39, 0.29) is 0 Å². The first-order valence-electron chi connectivity index (χ1n) is 6.26. The van der Waals surface area contributed by atoms with Crippen molar-refractivity contribution in [2.45, 2.75) is 6.92 Å². The zero-order chi connectivity index (χ0) is 16.4. The molecule has 0 fully saturated rings. The van der Waals surface area contributed by atoms with Crippen molar-refractivity contribution in [3.8, 4) is 5.75 Å². The van der Waals surface area contributed by atoms with Gasteiger partial charge in [0.25, 0.3) is 0 Å². The number of amides is 1. The standard InChI is InChI=1S/C12H18N3O3PS3/c1-10(20)15-17-12(16)13-9-22-14-8-19(2,21)18-11-6-4-3-5-7-11/h3-7,14H,8-9H2,1-2H3,(H,13,16)(H,15,20). The number of carbonyl (C=O) groups is 1. The number of hydrogen-bond donors (Lipinski definition) is 3. The molecular weight excluding hydrogens is 361 g/mol. The van der Waals surface area contributed by atoms with Crippen molar-refractivity contribution in [1.29, 1.82) is 0 Å². The number of hydrogen-bond acceptors (Lipinski definition) is 7. The minimum absolute atomic E-state index is 0.331. The summed E-state index contributed by atoms with van der Waals surface area (Å²) in [7, 11) is 0. The summed E-state index contributed by atoms with van der Waals surface area (Å²) >= 11 is 11.5. The highest BCUT2D eigenvalue weighted by molar-refractivity contribution is 8.12. The lowest BCUT2D eigenvalue weighted by Gasteiger charge is -2.19. The van der Waals surface area contributed by atoms with Gasteiger partial charge in [-0.3, -0.25) is 4.72 Å². The highest BCUT2D eigenvalue weighted by Gasteiger charge is 2.12. The first kappa shape index (κ1) is 19.2. The van der Waals surface area contributed by atoms with Crippen molar-refractivity contribution in [2.75, 3.05) is 18.8 Å². The van der Waals surface area contributed by atoms with E-state index in [1.165, 1.54) is 11.9 Å². The fourth-order valence-corrected chi connectivity index (χ4v) is 4.20. The van der Waals surface area contributed by atoms with Crippen LogP contribution in [-0.4, -0.2) is 29.9 Å². The van der Waals surface area contributed by atoms with Crippen LogP contribution in [0, 0.1) is 0 Å². The molecule has 0 heterocycles. The van der Waals surface area contributed by atoms with Crippen LogP contribution in [0.4, 0.5) is 4.79 Å². The second kappa shape index (κ2) is 10.0. The topological polar surface area (TPSA) is 71.6 Å². The molecule has 0 aromatic heterocycles. The van der Waals surface area contributed by atoms with Crippen LogP contribution in [-0.2, 0) is 16.6 Å². The molecule has 22 heavy (non-hydrogen) atoms. The third-order valence-corrected chi connectivity index (χ3v) is 4.95. The van der Waals surface area contributed by atoms with Gasteiger partial charge in [-0.15, -0.1) is 0 Å². The number of para-hydroxylation sites is 1. The number of nitrogens with one attached hydrogen (secondary N) is 3. The smallest absolute Gasteiger partial charge is 0.432 e. The molecule has 6 nitrogen and oxygen atoms in total. The van der Waals surface area contributed by atoms with Gasteiger partial charge in [0.05, 0.1) is 12.2 Å². The minimum atomic E-state index is -1.98. The van der Waals surface area contributed by atoms with Crippen LogP contribution in [0.5, 0.6) is 5.75 Å². The molecule has 1 aromatic rings. The number of benzene rings is 1. The van der Waals surface area contributed by atoms with Crippen molar-refractivity contribution in [3.63, 3.8) is 0 Å². The van der Waals surface area contributed by atoms with Gasteiger partial charge < -0.3 is 14.7 Å². The molecule has 0 spiro atoms. The molecule has 0 aliphatic rings. The Morgan fingerprint density at radius 2 is 2.05 bits per heavy atom. The zero-order valence-corrected chi connectivity index (χ0v) is 15.5. The van der Waals surface area contributed by atoms with Gasteiger partial charge in [0.2, 0.25) is 0 Å². The summed E-state index contributed by atoms with van der Waals surface area (Å²) in [6.45, 7) is 3.52. The Morgan fingerprint density at radius 3 is 2.68 bits per heavy atom. The average Bonchev–Trinajstić information content (AvgIpc) is 2.45. The van der Waals surface area contributed by atoms with Crippen LogP contribution < -0.4 is 20.0 Å². The number of rotatable bonds is 7. The maximum Gasteiger partial charge on any atom is 0.432 e. The summed E-state index contributed by atoms with van der Waals surface area (Å²) in [6.07, 6.45) is -2.04. The van der Waals surface area contributed by atoms with Gasteiger partial charge in [0.15, 0.2) is 0 Å². The summed E-state index contributed by atoms with van der Waals surface area (Å²) in [5, 5.41) is 2.53. The molecule has 3 N–H and O–H groups in total. The Morgan fingerprint density at radius 1 is 1.36 bits per heavy atom. The third kappa shape index (κ3) is 9.22. The van der Waals surface area contributed by atoms with Gasteiger partial charge in [-0.05, 0) is 25.7 Å². The Hall–Kier alpha value is -0.860. The van der Waals surface area contributed by atoms with Gasteiger partial charge in [-0.1, -0.05) is 54.2 Å². The van der Waals surface area contributed by atoms with Crippen LogP contribution >= 0.6 is 30.4 Å². The van der Waals surface area contributed by atoms with E-state index in [2.05, 4.69) is 20.4 Å². The molecular formula is C12H18N3O3PS3. The number of hydroxylamine groups is 1. The van der Waals surface area contributed by atoms with Crippen LogP contribution in [0.25, 0.3) is 0 Å². The lowest BCUT2D eigenvalue weighted by atomic mass is 10.3. The molecule has 1 atom stereocenters. The molecule has 0 aliphatic heterocycles. The van der Waals surface area contributed by atoms with E-state index < -0.39 is 12.4 Å². The number of thiocarbonyl (C=S) groups is 1. The molecule has 0 saturated carbocycles. The second-order valence-electron chi connectivity index (χ2n) is 4.23. The highest BCUT2D eigenvalue weighted by atomic mass is 32.4. The van der Waals surface area contributed by atoms with Crippen LogP contribution in [0.1, 0.15) is 6.92 Å². The molecule has 1 aromatic carbocycles. The van der Waals surface area contributed by atoms with Crippen molar-refractivity contribution in [2.24, 2.45) is 0 Å². The van der Waals surface area contributed by atoms with E-state index in [9.17, 15) is 4.79 Å². The predicted octanol–water partition coefficient (Wildman–Crippen LogP) is 2.82. The van der Waals surface area contributed by atoms with Gasteiger partial charge in [0, 0.05) is 0 Å². The summed E-state index contributed by atoms with van der Waals surface area (Å²) in [6, 6.07) is 9.47. The van der Waals surface area contributed by atoms with Gasteiger partial charge in [-0.2, -0.15) is 0 Å². The monoisotopic (exact) mass is 379 g/mol. The number of carbonyl (C=O) groups excluding carboxylic acids is 1. The van der Waals surface area contributed by atoms with Gasteiger partial charge in [-0.25, -0.2) is 10.3 Å². The van der Waals surface area contributed by atoms with Crippen molar-refractivity contribution in [1.82, 2.24) is 15.5 Å². The van der Waals surface area contributed by atoms with Crippen LogP contribution in [0.3, 0.4) is 0 Å². The van der Waals surface area contributed by atoms with Gasteiger partial charge >= 0.3 is 6.09 Å². The first-order chi connectivity index (χ1) is 10.4. The molecule has 0 aliphatic carbocycles. The fourth-order valence-electron chi connectivity index (χ4n) is 1.20. The molecule has 0 bridgehead atoms. The SMILES string of the molecule is CC(=S)NOC(=O)NCSNCP(C)(=S)Oc1ccccc1. The van der Waals surface area contributed by atoms with E-state index in [1.807, 2.05) is 37.0 Å². The van der Waals surface area contributed by atoms with Crippen molar-refractivity contribution < 1.29 is 14.2 Å². The Kier molecular flexibility index (Phi) is 8.74.